The largest absolute Gasteiger partial charge is 0.487 e. The minimum absolute atomic E-state index is 0.0685. The first-order valence-corrected chi connectivity index (χ1v) is 6.56. The molecule has 2 N–H and O–H groups in total. The van der Waals surface area contributed by atoms with E-state index in [0.29, 0.717) is 21.6 Å². The fourth-order valence-corrected chi connectivity index (χ4v) is 2.02. The lowest BCUT2D eigenvalue weighted by molar-refractivity contribution is -0.384. The summed E-state index contributed by atoms with van der Waals surface area (Å²) in [4.78, 5) is 10.3. The molecule has 0 heterocycles. The van der Waals surface area contributed by atoms with Gasteiger partial charge in [-0.25, -0.2) is 0 Å². The number of anilines is 1. The summed E-state index contributed by atoms with van der Waals surface area (Å²) in [5.74, 6) is 0.427. The lowest BCUT2D eigenvalue weighted by Gasteiger charge is -2.09. The minimum atomic E-state index is -0.484. The highest BCUT2D eigenvalue weighted by Gasteiger charge is 2.14. The standard InChI is InChI=1S/C13H11IN2O3/c14-13-11(15)6-10(16(17)18)7-12(13)19-8-9-4-2-1-3-5-9/h1-7H,8,15H2. The Kier molecular flexibility index (Phi) is 4.20. The maximum Gasteiger partial charge on any atom is 0.275 e. The molecule has 0 radical (unpaired) electrons. The van der Waals surface area contributed by atoms with Crippen LogP contribution < -0.4 is 10.5 Å². The number of nitro groups is 1. The number of hydrogen-bond acceptors (Lipinski definition) is 4. The molecule has 0 fully saturated rings. The number of benzene rings is 2. The molecule has 2 aromatic rings. The third kappa shape index (κ3) is 3.34. The number of nitrogen functional groups attached to an aromatic ring is 1. The molecule has 0 unspecified atom stereocenters. The third-order valence-electron chi connectivity index (χ3n) is 2.50. The van der Waals surface area contributed by atoms with Crippen molar-refractivity contribution in [3.63, 3.8) is 0 Å². The molecule has 19 heavy (non-hydrogen) atoms. The number of halogens is 1. The number of non-ortho nitro benzene ring substituents is 1. The van der Waals surface area contributed by atoms with Crippen molar-refractivity contribution in [3.8, 4) is 5.75 Å². The predicted octanol–water partition coefficient (Wildman–Crippen LogP) is 3.36. The molecule has 6 heteroatoms. The molecule has 98 valence electrons. The fourth-order valence-electron chi connectivity index (χ4n) is 1.55. The van der Waals surface area contributed by atoms with Crippen LogP contribution in [0.2, 0.25) is 0 Å². The summed E-state index contributed by atoms with van der Waals surface area (Å²) < 4.78 is 6.28. The molecule has 0 aliphatic carbocycles. The summed E-state index contributed by atoms with van der Waals surface area (Å²) in [5.41, 5.74) is 7.00. The molecule has 0 aliphatic heterocycles. The van der Waals surface area contributed by atoms with E-state index >= 15 is 0 Å². The smallest absolute Gasteiger partial charge is 0.275 e. The van der Waals surface area contributed by atoms with E-state index in [4.69, 9.17) is 10.5 Å². The maximum atomic E-state index is 10.8. The Morgan fingerprint density at radius 2 is 1.95 bits per heavy atom. The Morgan fingerprint density at radius 1 is 1.26 bits per heavy atom. The molecule has 0 amide bonds. The quantitative estimate of drug-likeness (QED) is 0.388. The molecule has 0 saturated heterocycles. The summed E-state index contributed by atoms with van der Waals surface area (Å²) in [6.07, 6.45) is 0. The molecule has 0 aromatic heterocycles. The number of rotatable bonds is 4. The zero-order valence-corrected chi connectivity index (χ0v) is 12.0. The van der Waals surface area contributed by atoms with Crippen LogP contribution in [-0.4, -0.2) is 4.92 Å². The van der Waals surface area contributed by atoms with Gasteiger partial charge in [-0.3, -0.25) is 10.1 Å². The van der Waals surface area contributed by atoms with E-state index in [-0.39, 0.29) is 5.69 Å². The lowest BCUT2D eigenvalue weighted by atomic mass is 10.2. The fraction of sp³-hybridized carbons (Fsp3) is 0.0769. The summed E-state index contributed by atoms with van der Waals surface area (Å²) in [6.45, 7) is 0.345. The van der Waals surface area contributed by atoms with Gasteiger partial charge in [0, 0.05) is 6.07 Å². The number of nitrogens with two attached hydrogens (primary N) is 1. The van der Waals surface area contributed by atoms with Gasteiger partial charge in [0.25, 0.3) is 5.69 Å². The van der Waals surface area contributed by atoms with E-state index in [2.05, 4.69) is 0 Å². The van der Waals surface area contributed by atoms with Crippen LogP contribution in [0.3, 0.4) is 0 Å². The first kappa shape index (κ1) is 13.6. The normalized spacial score (nSPS) is 10.2. The van der Waals surface area contributed by atoms with Crippen LogP contribution in [0.25, 0.3) is 0 Å². The van der Waals surface area contributed by atoms with E-state index < -0.39 is 4.92 Å². The zero-order chi connectivity index (χ0) is 13.8. The summed E-state index contributed by atoms with van der Waals surface area (Å²) in [5, 5.41) is 10.8. The van der Waals surface area contributed by atoms with Crippen LogP contribution in [-0.2, 0) is 6.61 Å². The average Bonchev–Trinajstić information content (AvgIpc) is 2.41. The van der Waals surface area contributed by atoms with Crippen LogP contribution in [0.15, 0.2) is 42.5 Å². The van der Waals surface area contributed by atoms with Crippen molar-refractivity contribution in [1.82, 2.24) is 0 Å². The third-order valence-corrected chi connectivity index (χ3v) is 3.65. The minimum Gasteiger partial charge on any atom is -0.487 e. The topological polar surface area (TPSA) is 78.4 Å². The van der Waals surface area contributed by atoms with Crippen molar-refractivity contribution < 1.29 is 9.66 Å². The molecule has 0 bridgehead atoms. The highest BCUT2D eigenvalue weighted by Crippen LogP contribution is 2.32. The van der Waals surface area contributed by atoms with Gasteiger partial charge in [0.15, 0.2) is 0 Å². The summed E-state index contributed by atoms with van der Waals surface area (Å²) >= 11 is 2.02. The van der Waals surface area contributed by atoms with Crippen LogP contribution in [0.1, 0.15) is 5.56 Å². The summed E-state index contributed by atoms with van der Waals surface area (Å²) in [6, 6.07) is 12.3. The molecule has 0 spiro atoms. The average molecular weight is 370 g/mol. The Balaban J connectivity index is 2.22. The number of nitrogens with zero attached hydrogens (tertiary/aromatic N) is 1. The zero-order valence-electron chi connectivity index (χ0n) is 9.88. The second-order valence-corrected chi connectivity index (χ2v) is 4.96. The van der Waals surface area contributed by atoms with Crippen molar-refractivity contribution in [3.05, 3.63) is 61.7 Å². The van der Waals surface area contributed by atoms with E-state index in [9.17, 15) is 10.1 Å². The van der Waals surface area contributed by atoms with Gasteiger partial charge in [0.2, 0.25) is 0 Å². The van der Waals surface area contributed by atoms with E-state index in [0.717, 1.165) is 5.56 Å². The van der Waals surface area contributed by atoms with Crippen molar-refractivity contribution in [2.75, 3.05) is 5.73 Å². The molecule has 5 nitrogen and oxygen atoms in total. The van der Waals surface area contributed by atoms with Gasteiger partial charge in [0.1, 0.15) is 12.4 Å². The molecule has 0 atom stereocenters. The monoisotopic (exact) mass is 370 g/mol. The van der Waals surface area contributed by atoms with Gasteiger partial charge >= 0.3 is 0 Å². The van der Waals surface area contributed by atoms with Gasteiger partial charge in [-0.15, -0.1) is 0 Å². The Bertz CT molecular complexity index is 602. The van der Waals surface area contributed by atoms with E-state index in [1.165, 1.54) is 12.1 Å². The second kappa shape index (κ2) is 5.87. The van der Waals surface area contributed by atoms with Gasteiger partial charge < -0.3 is 10.5 Å². The Morgan fingerprint density at radius 3 is 2.58 bits per heavy atom. The number of ether oxygens (including phenoxy) is 1. The molecular formula is C13H11IN2O3. The first-order chi connectivity index (χ1) is 9.08. The van der Waals surface area contributed by atoms with Crippen molar-refractivity contribution in [2.45, 2.75) is 6.61 Å². The van der Waals surface area contributed by atoms with Crippen LogP contribution >= 0.6 is 22.6 Å². The lowest BCUT2D eigenvalue weighted by Crippen LogP contribution is -2.01. The summed E-state index contributed by atoms with van der Waals surface area (Å²) in [7, 11) is 0. The van der Waals surface area contributed by atoms with Gasteiger partial charge in [-0.05, 0) is 28.2 Å². The Hall–Kier alpha value is -1.83. The molecule has 0 aliphatic rings. The molecule has 2 rings (SSSR count). The SMILES string of the molecule is Nc1cc([N+](=O)[O-])cc(OCc2ccccc2)c1I. The predicted molar refractivity (Wildman–Crippen MR) is 81.0 cm³/mol. The Labute approximate surface area is 123 Å². The van der Waals surface area contributed by atoms with Gasteiger partial charge in [0.05, 0.1) is 20.2 Å². The van der Waals surface area contributed by atoms with Crippen molar-refractivity contribution >= 4 is 34.0 Å². The number of nitro benzene ring substituents is 1. The highest BCUT2D eigenvalue weighted by atomic mass is 127. The van der Waals surface area contributed by atoms with E-state index in [1.54, 1.807) is 0 Å². The second-order valence-electron chi connectivity index (χ2n) is 3.88. The molecular weight excluding hydrogens is 359 g/mol. The first-order valence-electron chi connectivity index (χ1n) is 5.48. The maximum absolute atomic E-state index is 10.8. The van der Waals surface area contributed by atoms with Gasteiger partial charge in [-0.2, -0.15) is 0 Å². The van der Waals surface area contributed by atoms with Crippen LogP contribution in [0, 0.1) is 13.7 Å². The van der Waals surface area contributed by atoms with E-state index in [1.807, 2.05) is 52.9 Å². The van der Waals surface area contributed by atoms with Crippen LogP contribution in [0.5, 0.6) is 5.75 Å². The number of hydrogen-bond donors (Lipinski definition) is 1. The molecule has 0 saturated carbocycles. The molecule has 2 aromatic carbocycles. The van der Waals surface area contributed by atoms with Gasteiger partial charge in [-0.1, -0.05) is 30.3 Å². The highest BCUT2D eigenvalue weighted by molar-refractivity contribution is 14.1. The van der Waals surface area contributed by atoms with Crippen molar-refractivity contribution in [2.24, 2.45) is 0 Å². The van der Waals surface area contributed by atoms with Crippen molar-refractivity contribution in [1.29, 1.82) is 0 Å². The van der Waals surface area contributed by atoms with Crippen LogP contribution in [0.4, 0.5) is 11.4 Å².